The second-order valence-electron chi connectivity index (χ2n) is 5.57. The topological polar surface area (TPSA) is 3.24 Å². The molecule has 1 nitrogen and oxygen atoms in total. The van der Waals surface area contributed by atoms with Gasteiger partial charge in [-0.05, 0) is 36.0 Å². The summed E-state index contributed by atoms with van der Waals surface area (Å²) >= 11 is 9.80. The van der Waals surface area contributed by atoms with Crippen molar-refractivity contribution >= 4 is 33.2 Å². The first-order chi connectivity index (χ1) is 8.02. The van der Waals surface area contributed by atoms with Crippen molar-refractivity contribution in [3.8, 4) is 0 Å². The van der Waals surface area contributed by atoms with Crippen LogP contribution in [0.4, 0.5) is 5.69 Å². The maximum Gasteiger partial charge on any atom is 0.0642 e. The molecule has 0 N–H and O–H groups in total. The summed E-state index contributed by atoms with van der Waals surface area (Å²) in [7, 11) is 0. The van der Waals surface area contributed by atoms with E-state index >= 15 is 0 Å². The Bertz CT molecular complexity index is 393. The predicted octanol–water partition coefficient (Wildman–Crippen LogP) is 4.86. The normalized spacial score (nSPS) is 19.4. The highest BCUT2D eigenvalue weighted by Gasteiger charge is 2.26. The minimum absolute atomic E-state index is 0.485. The lowest BCUT2D eigenvalue weighted by Crippen LogP contribution is -2.37. The minimum Gasteiger partial charge on any atom is -0.370 e. The molecular weight excluding hydrogens is 298 g/mol. The molecule has 0 aliphatic carbocycles. The summed E-state index contributed by atoms with van der Waals surface area (Å²) in [5, 5.41) is 1.74. The molecule has 1 aliphatic rings. The van der Waals surface area contributed by atoms with Gasteiger partial charge >= 0.3 is 0 Å². The Morgan fingerprint density at radius 3 is 2.47 bits per heavy atom. The highest BCUT2D eigenvalue weighted by molar-refractivity contribution is 9.08. The van der Waals surface area contributed by atoms with Crippen molar-refractivity contribution < 1.29 is 0 Å². The Balaban J connectivity index is 2.13. The standard InChI is InChI=1S/C14H19BrClN/c1-14(2)5-7-17(8-6-14)13-4-3-11(10-15)9-12(13)16/h3-4,9H,5-8,10H2,1-2H3. The van der Waals surface area contributed by atoms with E-state index in [9.17, 15) is 0 Å². The zero-order valence-electron chi connectivity index (χ0n) is 10.5. The van der Waals surface area contributed by atoms with Gasteiger partial charge < -0.3 is 4.90 Å². The fourth-order valence-electron chi connectivity index (χ4n) is 2.24. The largest absolute Gasteiger partial charge is 0.370 e. The number of hydrogen-bond acceptors (Lipinski definition) is 1. The van der Waals surface area contributed by atoms with Gasteiger partial charge in [0.1, 0.15) is 0 Å². The number of hydrogen-bond donors (Lipinski definition) is 0. The van der Waals surface area contributed by atoms with Crippen LogP contribution in [0.15, 0.2) is 18.2 Å². The Morgan fingerprint density at radius 2 is 1.94 bits per heavy atom. The minimum atomic E-state index is 0.485. The Hall–Kier alpha value is -0.210. The van der Waals surface area contributed by atoms with E-state index in [2.05, 4.69) is 52.9 Å². The average molecular weight is 317 g/mol. The molecule has 1 aromatic rings. The average Bonchev–Trinajstić information content (AvgIpc) is 2.29. The Labute approximate surface area is 117 Å². The molecule has 0 unspecified atom stereocenters. The molecule has 0 bridgehead atoms. The van der Waals surface area contributed by atoms with Crippen LogP contribution in [0.2, 0.25) is 5.02 Å². The zero-order chi connectivity index (χ0) is 12.5. The van der Waals surface area contributed by atoms with Crippen molar-refractivity contribution in [2.45, 2.75) is 32.0 Å². The van der Waals surface area contributed by atoms with E-state index in [0.717, 1.165) is 23.4 Å². The predicted molar refractivity (Wildman–Crippen MR) is 79.3 cm³/mol. The number of piperidine rings is 1. The molecule has 1 aliphatic heterocycles. The smallest absolute Gasteiger partial charge is 0.0642 e. The molecule has 2 rings (SSSR count). The third-order valence-corrected chi connectivity index (χ3v) is 4.57. The summed E-state index contributed by atoms with van der Waals surface area (Å²) in [6.07, 6.45) is 2.48. The molecule has 1 fully saturated rings. The summed E-state index contributed by atoms with van der Waals surface area (Å²) in [6, 6.07) is 6.36. The number of nitrogens with zero attached hydrogens (tertiary/aromatic N) is 1. The van der Waals surface area contributed by atoms with Gasteiger partial charge in [0.25, 0.3) is 0 Å². The molecule has 1 saturated heterocycles. The summed E-state index contributed by atoms with van der Waals surface area (Å²) in [5.74, 6) is 0. The Kier molecular flexibility index (Phi) is 4.04. The van der Waals surface area contributed by atoms with E-state index in [-0.39, 0.29) is 0 Å². The summed E-state index contributed by atoms with van der Waals surface area (Å²) in [6.45, 7) is 6.92. The second kappa shape index (κ2) is 5.19. The van der Waals surface area contributed by atoms with Crippen LogP contribution in [0, 0.1) is 5.41 Å². The van der Waals surface area contributed by atoms with Crippen LogP contribution in [-0.2, 0) is 5.33 Å². The van der Waals surface area contributed by atoms with E-state index in [1.54, 1.807) is 0 Å². The summed E-state index contributed by atoms with van der Waals surface area (Å²) in [5.41, 5.74) is 2.90. The van der Waals surface area contributed by atoms with Crippen LogP contribution in [-0.4, -0.2) is 13.1 Å². The van der Waals surface area contributed by atoms with Gasteiger partial charge in [0.15, 0.2) is 0 Å². The molecule has 0 aromatic heterocycles. The van der Waals surface area contributed by atoms with Crippen LogP contribution in [0.5, 0.6) is 0 Å². The summed E-state index contributed by atoms with van der Waals surface area (Å²) in [4.78, 5) is 2.41. The van der Waals surface area contributed by atoms with Crippen LogP contribution < -0.4 is 4.90 Å². The van der Waals surface area contributed by atoms with Crippen LogP contribution in [0.3, 0.4) is 0 Å². The number of benzene rings is 1. The molecule has 17 heavy (non-hydrogen) atoms. The third kappa shape index (κ3) is 3.17. The fourth-order valence-corrected chi connectivity index (χ4v) is 2.91. The molecule has 0 radical (unpaired) electrons. The van der Waals surface area contributed by atoms with Gasteiger partial charge in [0.2, 0.25) is 0 Å². The van der Waals surface area contributed by atoms with E-state index < -0.39 is 0 Å². The van der Waals surface area contributed by atoms with Gasteiger partial charge in [-0.2, -0.15) is 0 Å². The second-order valence-corrected chi connectivity index (χ2v) is 6.54. The Morgan fingerprint density at radius 1 is 1.29 bits per heavy atom. The van der Waals surface area contributed by atoms with Crippen molar-refractivity contribution in [3.63, 3.8) is 0 Å². The van der Waals surface area contributed by atoms with Crippen molar-refractivity contribution in [3.05, 3.63) is 28.8 Å². The lowest BCUT2D eigenvalue weighted by atomic mass is 9.82. The highest BCUT2D eigenvalue weighted by Crippen LogP contribution is 2.35. The maximum atomic E-state index is 6.35. The van der Waals surface area contributed by atoms with E-state index in [0.29, 0.717) is 5.41 Å². The third-order valence-electron chi connectivity index (χ3n) is 3.62. The SMILES string of the molecule is CC1(C)CCN(c2ccc(CBr)cc2Cl)CC1. The molecule has 94 valence electrons. The van der Waals surface area contributed by atoms with Gasteiger partial charge in [0.05, 0.1) is 10.7 Å². The van der Waals surface area contributed by atoms with Gasteiger partial charge in [-0.15, -0.1) is 0 Å². The van der Waals surface area contributed by atoms with E-state index in [4.69, 9.17) is 11.6 Å². The van der Waals surface area contributed by atoms with Crippen molar-refractivity contribution in [2.75, 3.05) is 18.0 Å². The quantitative estimate of drug-likeness (QED) is 0.704. The first-order valence-corrected chi connectivity index (χ1v) is 7.61. The number of rotatable bonds is 2. The number of alkyl halides is 1. The lowest BCUT2D eigenvalue weighted by molar-refractivity contribution is 0.280. The van der Waals surface area contributed by atoms with Gasteiger partial charge in [-0.1, -0.05) is 47.4 Å². The number of halogens is 2. The van der Waals surface area contributed by atoms with Gasteiger partial charge in [-0.3, -0.25) is 0 Å². The molecule has 0 saturated carbocycles. The molecule has 3 heteroatoms. The molecule has 0 spiro atoms. The van der Waals surface area contributed by atoms with Crippen molar-refractivity contribution in [2.24, 2.45) is 5.41 Å². The molecular formula is C14H19BrClN. The fraction of sp³-hybridized carbons (Fsp3) is 0.571. The monoisotopic (exact) mass is 315 g/mol. The van der Waals surface area contributed by atoms with E-state index in [1.165, 1.54) is 24.1 Å². The molecule has 1 aromatic carbocycles. The maximum absolute atomic E-state index is 6.35. The molecule has 0 amide bonds. The van der Waals surface area contributed by atoms with Crippen LogP contribution in [0.25, 0.3) is 0 Å². The molecule has 0 atom stereocenters. The lowest BCUT2D eigenvalue weighted by Gasteiger charge is -2.38. The molecule has 1 heterocycles. The van der Waals surface area contributed by atoms with Crippen LogP contribution in [0.1, 0.15) is 32.3 Å². The van der Waals surface area contributed by atoms with Crippen molar-refractivity contribution in [1.82, 2.24) is 0 Å². The number of anilines is 1. The first kappa shape index (κ1) is 13.2. The van der Waals surface area contributed by atoms with Crippen LogP contribution >= 0.6 is 27.5 Å². The highest BCUT2D eigenvalue weighted by atomic mass is 79.9. The zero-order valence-corrected chi connectivity index (χ0v) is 12.8. The van der Waals surface area contributed by atoms with Gasteiger partial charge in [0, 0.05) is 18.4 Å². The van der Waals surface area contributed by atoms with Crippen molar-refractivity contribution in [1.29, 1.82) is 0 Å². The first-order valence-electron chi connectivity index (χ1n) is 6.11. The summed E-state index contributed by atoms with van der Waals surface area (Å²) < 4.78 is 0. The van der Waals surface area contributed by atoms with E-state index in [1.807, 2.05) is 0 Å². The van der Waals surface area contributed by atoms with Gasteiger partial charge in [-0.25, -0.2) is 0 Å².